The van der Waals surface area contributed by atoms with Crippen LogP contribution in [0.5, 0.6) is 11.5 Å². The number of carboxylic acids is 1. The maximum Gasteiger partial charge on any atom is 0.305 e. The van der Waals surface area contributed by atoms with E-state index in [1.807, 2.05) is 27.7 Å². The molecule has 13 N–H and O–H groups in total. The van der Waals surface area contributed by atoms with E-state index in [0.29, 0.717) is 54.9 Å². The fraction of sp³-hybridized carbons (Fsp3) is 0.551. The molecule has 1 saturated heterocycles. The van der Waals surface area contributed by atoms with Gasteiger partial charge in [0.1, 0.15) is 41.7 Å². The van der Waals surface area contributed by atoms with Gasteiger partial charge in [0, 0.05) is 50.1 Å². The predicted octanol–water partition coefficient (Wildman–Crippen LogP) is 0.0185. The van der Waals surface area contributed by atoms with Gasteiger partial charge in [0.25, 0.3) is 5.91 Å². The molecule has 0 saturated carbocycles. The van der Waals surface area contributed by atoms with Gasteiger partial charge in [0.2, 0.25) is 47.3 Å². The minimum absolute atomic E-state index is 0.0175. The van der Waals surface area contributed by atoms with Crippen molar-refractivity contribution in [1.29, 1.82) is 0 Å². The number of amides is 9. The second-order valence-corrected chi connectivity index (χ2v) is 18.3. The van der Waals surface area contributed by atoms with E-state index in [2.05, 4.69) is 26.6 Å². The van der Waals surface area contributed by atoms with Crippen molar-refractivity contribution >= 4 is 59.1 Å². The molecule has 0 unspecified atom stereocenters. The summed E-state index contributed by atoms with van der Waals surface area (Å²) < 4.78 is 5.73. The number of rotatable bonds is 30. The Morgan fingerprint density at radius 2 is 1.36 bits per heavy atom. The summed E-state index contributed by atoms with van der Waals surface area (Å²) in [5.41, 5.74) is 17.2. The first kappa shape index (κ1) is 59.2. The van der Waals surface area contributed by atoms with Gasteiger partial charge in [-0.1, -0.05) is 34.1 Å². The molecule has 0 bridgehead atoms. The topological polar surface area (TPSA) is 365 Å². The number of carbonyl (C=O) groups is 10. The predicted molar refractivity (Wildman–Crippen MR) is 262 cm³/mol. The summed E-state index contributed by atoms with van der Waals surface area (Å²) in [5, 5.41) is 32.1. The van der Waals surface area contributed by atoms with Gasteiger partial charge in [-0.2, -0.15) is 0 Å². The van der Waals surface area contributed by atoms with Crippen molar-refractivity contribution in [3.8, 4) is 11.5 Å². The Hall–Kier alpha value is -7.14. The SMILES string of the molecule is CC[C@H](C)[C@@H](C(=O)N1CCC[C@H]1CC(N)=O)N(C)C(=O)[C@H](CC(C)C)NC(=O)[C@H](CCN)NC(=O)[C@H](CC(=O)O)NC(=O)[C@@H](CO)NC(=O)CCCCNC(=O)c1ccc(Oc2ccc(C(N)=O)cc2)cc1. The molecule has 9 amide bonds. The zero-order chi connectivity index (χ0) is 53.7. The van der Waals surface area contributed by atoms with Gasteiger partial charge in [-0.3, -0.25) is 47.9 Å². The maximum atomic E-state index is 14.3. The number of aliphatic carboxylic acids is 1. The number of hydrogen-bond donors (Lipinski definition) is 10. The molecule has 1 aliphatic rings. The first-order valence-electron chi connectivity index (χ1n) is 24.1. The minimum Gasteiger partial charge on any atom is -0.481 e. The Morgan fingerprint density at radius 3 is 1.90 bits per heavy atom. The normalized spacial score (nSPS) is 15.7. The molecule has 2 aromatic rings. The van der Waals surface area contributed by atoms with Gasteiger partial charge >= 0.3 is 5.97 Å². The van der Waals surface area contributed by atoms with Crippen molar-refractivity contribution in [1.82, 2.24) is 36.4 Å². The van der Waals surface area contributed by atoms with E-state index in [-0.39, 0.29) is 68.8 Å². The van der Waals surface area contributed by atoms with Gasteiger partial charge < -0.3 is 68.5 Å². The molecule has 23 nitrogen and oxygen atoms in total. The molecule has 0 spiro atoms. The minimum atomic E-state index is -1.80. The van der Waals surface area contributed by atoms with Crippen molar-refractivity contribution in [2.75, 3.05) is 33.3 Å². The van der Waals surface area contributed by atoms with Crippen molar-refractivity contribution in [2.24, 2.45) is 29.0 Å². The van der Waals surface area contributed by atoms with E-state index >= 15 is 0 Å². The Kier molecular flexibility index (Phi) is 24.0. The standard InChI is InChI=1S/C49H72N10O13/c1-6-29(4)42(49(71)59-23-9-10-32(59)25-39(51)61)58(5)48(70)37(24-28(2)3)57-45(67)35(20-21-50)55-46(68)36(26-41(63)64)56-47(69)38(27-60)54-40(62)11-7-8-22-53-44(66)31-14-18-34(19-15-31)72-33-16-12-30(13-17-33)43(52)65/h12-19,28-29,32,35-38,42,60H,6-11,20-27,50H2,1-5H3,(H2,51,61)(H2,52,65)(H,53,66)(H,54,62)(H,55,68)(H,56,69)(H,57,67)(H,63,64)/t29-,32-,35-,36-,37-,38+,42-/m0/s1. The van der Waals surface area contributed by atoms with Crippen molar-refractivity contribution in [2.45, 2.75) is 128 Å². The molecule has 0 aliphatic carbocycles. The van der Waals surface area contributed by atoms with E-state index in [1.54, 1.807) is 41.3 Å². The Bertz CT molecular complexity index is 2210. The van der Waals surface area contributed by atoms with E-state index in [9.17, 15) is 58.2 Å². The number of likely N-dealkylation sites (tertiary alicyclic amines) is 1. The third kappa shape index (κ3) is 18.6. The van der Waals surface area contributed by atoms with Crippen LogP contribution in [0.25, 0.3) is 0 Å². The van der Waals surface area contributed by atoms with Crippen LogP contribution in [-0.4, -0.2) is 149 Å². The van der Waals surface area contributed by atoms with Crippen LogP contribution in [0.4, 0.5) is 0 Å². The van der Waals surface area contributed by atoms with Crippen LogP contribution >= 0.6 is 0 Å². The average molecular weight is 1010 g/mol. The zero-order valence-corrected chi connectivity index (χ0v) is 41.6. The lowest BCUT2D eigenvalue weighted by molar-refractivity contribution is -0.149. The summed E-state index contributed by atoms with van der Waals surface area (Å²) in [6.45, 7) is 6.86. The number of unbranched alkanes of at least 4 members (excludes halogenated alkanes) is 1. The van der Waals surface area contributed by atoms with E-state index < -0.39 is 96.6 Å². The van der Waals surface area contributed by atoms with Gasteiger partial charge in [-0.25, -0.2) is 0 Å². The number of carboxylic acid groups (broad SMARTS) is 1. The molecule has 1 aliphatic heterocycles. The Balaban J connectivity index is 1.58. The molecule has 3 rings (SSSR count). The number of likely N-dealkylation sites (N-methyl/N-ethyl adjacent to an activating group) is 1. The number of nitrogens with zero attached hydrogens (tertiary/aromatic N) is 2. The first-order chi connectivity index (χ1) is 34.1. The van der Waals surface area contributed by atoms with E-state index in [4.69, 9.17) is 21.9 Å². The molecule has 72 heavy (non-hydrogen) atoms. The quantitative estimate of drug-likeness (QED) is 0.0462. The van der Waals surface area contributed by atoms with Crippen LogP contribution in [0.15, 0.2) is 48.5 Å². The first-order valence-corrected chi connectivity index (χ1v) is 24.1. The number of nitrogens with one attached hydrogen (secondary N) is 5. The Morgan fingerprint density at radius 1 is 0.792 bits per heavy atom. The fourth-order valence-corrected chi connectivity index (χ4v) is 8.14. The van der Waals surface area contributed by atoms with Crippen molar-refractivity contribution in [3.05, 3.63) is 59.7 Å². The number of aliphatic hydroxyl groups excluding tert-OH is 1. The molecule has 2 aromatic carbocycles. The molecule has 396 valence electrons. The monoisotopic (exact) mass is 1010 g/mol. The molecule has 1 fully saturated rings. The van der Waals surface area contributed by atoms with Crippen LogP contribution in [0.1, 0.15) is 113 Å². The third-order valence-electron chi connectivity index (χ3n) is 12.2. The molecule has 0 radical (unpaired) electrons. The largest absolute Gasteiger partial charge is 0.481 e. The van der Waals surface area contributed by atoms with Gasteiger partial charge in [0.05, 0.1) is 13.0 Å². The summed E-state index contributed by atoms with van der Waals surface area (Å²) in [4.78, 5) is 132. The number of benzene rings is 2. The summed E-state index contributed by atoms with van der Waals surface area (Å²) in [7, 11) is 1.47. The highest BCUT2D eigenvalue weighted by Gasteiger charge is 2.41. The number of nitrogens with two attached hydrogens (primary N) is 3. The highest BCUT2D eigenvalue weighted by Crippen LogP contribution is 2.26. The fourth-order valence-electron chi connectivity index (χ4n) is 8.14. The van der Waals surface area contributed by atoms with Crippen LogP contribution < -0.4 is 48.5 Å². The average Bonchev–Trinajstić information content (AvgIpc) is 3.79. The van der Waals surface area contributed by atoms with Crippen LogP contribution in [-0.2, 0) is 38.4 Å². The number of hydrogen-bond acceptors (Lipinski definition) is 13. The molecule has 0 aromatic heterocycles. The molecule has 23 heteroatoms. The molecule has 1 heterocycles. The number of carbonyl (C=O) groups excluding carboxylic acids is 9. The molecule has 7 atom stereocenters. The lowest BCUT2D eigenvalue weighted by Crippen LogP contribution is -2.61. The Labute approximate surface area is 419 Å². The zero-order valence-electron chi connectivity index (χ0n) is 41.6. The van der Waals surface area contributed by atoms with Crippen LogP contribution in [0.2, 0.25) is 0 Å². The highest BCUT2D eigenvalue weighted by molar-refractivity contribution is 5.98. The summed E-state index contributed by atoms with van der Waals surface area (Å²) in [5.74, 6) is -7.20. The number of ether oxygens (including phenoxy) is 1. The molecular weight excluding hydrogens is 937 g/mol. The van der Waals surface area contributed by atoms with Crippen LogP contribution in [0.3, 0.4) is 0 Å². The lowest BCUT2D eigenvalue weighted by Gasteiger charge is -2.38. The van der Waals surface area contributed by atoms with Crippen molar-refractivity contribution < 1.29 is 62.9 Å². The third-order valence-corrected chi connectivity index (χ3v) is 12.2. The van der Waals surface area contributed by atoms with Crippen LogP contribution in [0, 0.1) is 11.8 Å². The highest BCUT2D eigenvalue weighted by atomic mass is 16.5. The van der Waals surface area contributed by atoms with Crippen molar-refractivity contribution in [3.63, 3.8) is 0 Å². The number of primary amides is 2. The maximum absolute atomic E-state index is 14.3. The second-order valence-electron chi connectivity index (χ2n) is 18.3. The smallest absolute Gasteiger partial charge is 0.305 e. The second kappa shape index (κ2) is 29.3. The van der Waals surface area contributed by atoms with Gasteiger partial charge in [0.15, 0.2) is 0 Å². The number of aliphatic hydroxyl groups is 1. The van der Waals surface area contributed by atoms with E-state index in [0.717, 1.165) is 0 Å². The lowest BCUT2D eigenvalue weighted by atomic mass is 9.94. The summed E-state index contributed by atoms with van der Waals surface area (Å²) >= 11 is 0. The van der Waals surface area contributed by atoms with Gasteiger partial charge in [-0.15, -0.1) is 0 Å². The summed E-state index contributed by atoms with van der Waals surface area (Å²) in [6, 6.07) is 5.16. The van der Waals surface area contributed by atoms with Gasteiger partial charge in [-0.05, 0) is 105 Å². The van der Waals surface area contributed by atoms with E-state index in [1.165, 1.54) is 24.1 Å². The summed E-state index contributed by atoms with van der Waals surface area (Å²) in [6.07, 6.45) is 1.24. The molecular formula is C49H72N10O13.